The molecule has 0 amide bonds. The van der Waals surface area contributed by atoms with Crippen molar-refractivity contribution in [2.45, 2.75) is 26.8 Å². The van der Waals surface area contributed by atoms with Crippen LogP contribution in [0.2, 0.25) is 0 Å². The van der Waals surface area contributed by atoms with Gasteiger partial charge in [-0.2, -0.15) is 0 Å². The summed E-state index contributed by atoms with van der Waals surface area (Å²) in [4.78, 5) is 0. The third kappa shape index (κ3) is 2.37. The first-order chi connectivity index (χ1) is 8.49. The van der Waals surface area contributed by atoms with E-state index >= 15 is 0 Å². The van der Waals surface area contributed by atoms with Crippen LogP contribution in [-0.4, -0.2) is 0 Å². The smallest absolute Gasteiger partial charge is 0.152 e. The van der Waals surface area contributed by atoms with Gasteiger partial charge in [-0.25, -0.2) is 8.78 Å². The van der Waals surface area contributed by atoms with Gasteiger partial charge in [-0.05, 0) is 44.5 Å². The van der Waals surface area contributed by atoms with Crippen LogP contribution in [0.25, 0.3) is 0 Å². The fraction of sp³-hybridized carbons (Fsp3) is 0.286. The first-order valence-corrected chi connectivity index (χ1v) is 5.76. The third-order valence-electron chi connectivity index (χ3n) is 2.83. The highest BCUT2D eigenvalue weighted by atomic mass is 19.1. The maximum atomic E-state index is 13.8. The van der Waals surface area contributed by atoms with E-state index in [1.807, 2.05) is 13.0 Å². The van der Waals surface area contributed by atoms with Gasteiger partial charge in [0.1, 0.15) is 23.0 Å². The molecule has 0 aliphatic heterocycles. The van der Waals surface area contributed by atoms with Crippen molar-refractivity contribution in [3.63, 3.8) is 0 Å². The second-order valence-corrected chi connectivity index (χ2v) is 4.37. The number of halogens is 2. The number of furan rings is 1. The van der Waals surface area contributed by atoms with Crippen molar-refractivity contribution in [2.24, 2.45) is 0 Å². The van der Waals surface area contributed by atoms with Crippen LogP contribution < -0.4 is 5.32 Å². The molecule has 0 aliphatic carbocycles. The Morgan fingerprint density at radius 1 is 1.11 bits per heavy atom. The van der Waals surface area contributed by atoms with Crippen LogP contribution in [0.1, 0.15) is 30.0 Å². The van der Waals surface area contributed by atoms with Gasteiger partial charge in [-0.1, -0.05) is 6.07 Å². The summed E-state index contributed by atoms with van der Waals surface area (Å²) in [6.45, 7) is 5.21. The zero-order valence-corrected chi connectivity index (χ0v) is 10.6. The van der Waals surface area contributed by atoms with Crippen molar-refractivity contribution in [3.05, 3.63) is 53.0 Å². The highest BCUT2D eigenvalue weighted by molar-refractivity contribution is 5.50. The Kier molecular flexibility index (Phi) is 3.36. The number of hydrogen-bond acceptors (Lipinski definition) is 2. The van der Waals surface area contributed by atoms with Gasteiger partial charge in [0.15, 0.2) is 5.82 Å². The zero-order valence-electron chi connectivity index (χ0n) is 10.6. The molecule has 2 rings (SSSR count). The minimum Gasteiger partial charge on any atom is -0.464 e. The molecule has 1 aromatic heterocycles. The highest BCUT2D eigenvalue weighted by Crippen LogP contribution is 2.27. The Morgan fingerprint density at radius 2 is 1.83 bits per heavy atom. The second kappa shape index (κ2) is 4.80. The normalized spacial score (nSPS) is 12.5. The lowest BCUT2D eigenvalue weighted by atomic mass is 10.1. The third-order valence-corrected chi connectivity index (χ3v) is 2.83. The largest absolute Gasteiger partial charge is 0.464 e. The highest BCUT2D eigenvalue weighted by Gasteiger charge is 2.16. The molecule has 0 saturated carbocycles. The molecular weight excluding hydrogens is 236 g/mol. The van der Waals surface area contributed by atoms with Crippen LogP contribution in [0, 0.1) is 25.5 Å². The van der Waals surface area contributed by atoms with E-state index in [-0.39, 0.29) is 11.7 Å². The van der Waals surface area contributed by atoms with Crippen molar-refractivity contribution in [1.29, 1.82) is 0 Å². The number of hydrogen-bond donors (Lipinski definition) is 1. The van der Waals surface area contributed by atoms with Gasteiger partial charge in [0, 0.05) is 0 Å². The molecule has 0 radical (unpaired) electrons. The van der Waals surface area contributed by atoms with E-state index in [9.17, 15) is 8.78 Å². The predicted octanol–water partition coefficient (Wildman–Crippen LogP) is 4.35. The summed E-state index contributed by atoms with van der Waals surface area (Å²) in [6, 6.07) is 5.97. The average Bonchev–Trinajstić information content (AvgIpc) is 2.76. The van der Waals surface area contributed by atoms with Crippen molar-refractivity contribution in [3.8, 4) is 0 Å². The molecule has 18 heavy (non-hydrogen) atoms. The summed E-state index contributed by atoms with van der Waals surface area (Å²) < 4.78 is 32.8. The summed E-state index contributed by atoms with van der Waals surface area (Å²) in [6.07, 6.45) is 0. The van der Waals surface area contributed by atoms with Gasteiger partial charge < -0.3 is 9.73 Å². The van der Waals surface area contributed by atoms with Gasteiger partial charge in [0.25, 0.3) is 0 Å². The number of anilines is 1. The fourth-order valence-corrected chi connectivity index (χ4v) is 1.76. The number of nitrogens with one attached hydrogen (secondary N) is 1. The van der Waals surface area contributed by atoms with E-state index in [4.69, 9.17) is 4.42 Å². The van der Waals surface area contributed by atoms with Crippen LogP contribution in [0.4, 0.5) is 14.5 Å². The Balaban J connectivity index is 2.27. The van der Waals surface area contributed by atoms with E-state index in [2.05, 4.69) is 5.32 Å². The lowest BCUT2D eigenvalue weighted by Crippen LogP contribution is -2.09. The summed E-state index contributed by atoms with van der Waals surface area (Å²) in [5, 5.41) is 2.81. The van der Waals surface area contributed by atoms with Crippen molar-refractivity contribution >= 4 is 5.69 Å². The van der Waals surface area contributed by atoms with Gasteiger partial charge in [0.2, 0.25) is 0 Å². The van der Waals surface area contributed by atoms with Crippen LogP contribution in [0.3, 0.4) is 0 Å². The minimum absolute atomic E-state index is 0.114. The molecule has 96 valence electrons. The summed E-state index contributed by atoms with van der Waals surface area (Å²) in [5.41, 5.74) is 0.290. The minimum atomic E-state index is -0.603. The molecule has 1 aromatic carbocycles. The van der Waals surface area contributed by atoms with Crippen LogP contribution in [0.5, 0.6) is 0 Å². The molecule has 4 heteroatoms. The van der Waals surface area contributed by atoms with E-state index in [1.165, 1.54) is 12.1 Å². The summed E-state index contributed by atoms with van der Waals surface area (Å²) in [5.74, 6) is 0.245. The van der Waals surface area contributed by atoms with Gasteiger partial charge >= 0.3 is 0 Å². The van der Waals surface area contributed by atoms with E-state index in [1.54, 1.807) is 19.9 Å². The number of rotatable bonds is 3. The number of aryl methyl sites for hydroxylation is 2. The first kappa shape index (κ1) is 12.6. The topological polar surface area (TPSA) is 25.2 Å². The average molecular weight is 251 g/mol. The monoisotopic (exact) mass is 251 g/mol. The molecule has 0 saturated heterocycles. The van der Waals surface area contributed by atoms with E-state index in [0.29, 0.717) is 11.3 Å². The lowest BCUT2D eigenvalue weighted by Gasteiger charge is -2.15. The van der Waals surface area contributed by atoms with Gasteiger partial charge in [0.05, 0.1) is 6.04 Å². The molecule has 0 fully saturated rings. The standard InChI is InChI=1S/C14H15F2NO/c1-8-4-6-11(15)14(13(8)16)17-10(3)12-7-5-9(2)18-12/h4-7,10,17H,1-3H3. The van der Waals surface area contributed by atoms with Crippen molar-refractivity contribution in [1.82, 2.24) is 0 Å². The maximum absolute atomic E-state index is 13.8. The molecule has 1 unspecified atom stereocenters. The molecule has 2 nitrogen and oxygen atoms in total. The van der Waals surface area contributed by atoms with E-state index in [0.717, 1.165) is 5.76 Å². The summed E-state index contributed by atoms with van der Waals surface area (Å²) in [7, 11) is 0. The van der Waals surface area contributed by atoms with Gasteiger partial charge in [-0.15, -0.1) is 0 Å². The van der Waals surface area contributed by atoms with E-state index < -0.39 is 11.6 Å². The molecule has 0 aliphatic rings. The Hall–Kier alpha value is -1.84. The molecule has 1 atom stereocenters. The quantitative estimate of drug-likeness (QED) is 0.877. The van der Waals surface area contributed by atoms with Crippen molar-refractivity contribution in [2.75, 3.05) is 5.32 Å². The number of benzene rings is 1. The van der Waals surface area contributed by atoms with Gasteiger partial charge in [-0.3, -0.25) is 0 Å². The first-order valence-electron chi connectivity index (χ1n) is 5.76. The fourth-order valence-electron chi connectivity index (χ4n) is 1.76. The molecule has 0 bridgehead atoms. The maximum Gasteiger partial charge on any atom is 0.152 e. The van der Waals surface area contributed by atoms with Crippen LogP contribution >= 0.6 is 0 Å². The molecule has 0 spiro atoms. The zero-order chi connectivity index (χ0) is 13.3. The van der Waals surface area contributed by atoms with Crippen LogP contribution in [-0.2, 0) is 0 Å². The predicted molar refractivity (Wildman–Crippen MR) is 66.6 cm³/mol. The Labute approximate surface area is 105 Å². The SMILES string of the molecule is Cc1ccc(C(C)Nc2c(F)ccc(C)c2F)o1. The summed E-state index contributed by atoms with van der Waals surface area (Å²) >= 11 is 0. The molecule has 1 heterocycles. The molecule has 1 N–H and O–H groups in total. The molecular formula is C14H15F2NO. The molecule has 2 aromatic rings. The Bertz CT molecular complexity index is 563. The second-order valence-electron chi connectivity index (χ2n) is 4.37. The van der Waals surface area contributed by atoms with Crippen LogP contribution in [0.15, 0.2) is 28.7 Å². The van der Waals surface area contributed by atoms with Crippen molar-refractivity contribution < 1.29 is 13.2 Å². The Morgan fingerprint density at radius 3 is 2.44 bits per heavy atom. The lowest BCUT2D eigenvalue weighted by molar-refractivity contribution is 0.464.